The number of carbonyl (C=O) groups excluding carboxylic acids is 1. The molecule has 0 spiro atoms. The van der Waals surface area contributed by atoms with Gasteiger partial charge in [-0.3, -0.25) is 4.79 Å². The molecule has 3 rings (SSSR count). The molecular formula is C19H19N5O3. The van der Waals surface area contributed by atoms with E-state index in [1.54, 1.807) is 18.2 Å². The van der Waals surface area contributed by atoms with Crippen molar-refractivity contribution in [2.75, 3.05) is 17.7 Å². The van der Waals surface area contributed by atoms with E-state index in [2.05, 4.69) is 20.3 Å². The average molecular weight is 365 g/mol. The molecular weight excluding hydrogens is 346 g/mol. The Morgan fingerprint density at radius 2 is 1.85 bits per heavy atom. The van der Waals surface area contributed by atoms with E-state index >= 15 is 0 Å². The number of nitrogens with two attached hydrogens (primary N) is 1. The number of carbonyl (C=O) groups is 1. The van der Waals surface area contributed by atoms with Gasteiger partial charge in [0.25, 0.3) is 0 Å². The van der Waals surface area contributed by atoms with Gasteiger partial charge in [0.1, 0.15) is 12.9 Å². The number of nitrogen functional groups attached to an aromatic ring is 1. The molecule has 138 valence electrons. The summed E-state index contributed by atoms with van der Waals surface area (Å²) in [7, 11) is 0. The standard InChI is InChI=1S/C19H19N5O3/c1-2-26-16-10-13(11-25)8-9-15(16)27-12-17-22-18(20)24-19(23-17)21-14-6-4-3-5-7-14/h3-11H,2,12H2,1H3,(H3,20,21,22,23,24). The van der Waals surface area contributed by atoms with Crippen LogP contribution < -0.4 is 20.5 Å². The van der Waals surface area contributed by atoms with E-state index < -0.39 is 0 Å². The van der Waals surface area contributed by atoms with Gasteiger partial charge in [0, 0.05) is 11.3 Å². The van der Waals surface area contributed by atoms with Crippen LogP contribution in [0, 0.1) is 0 Å². The number of hydrogen-bond donors (Lipinski definition) is 2. The van der Waals surface area contributed by atoms with Crippen molar-refractivity contribution in [3.63, 3.8) is 0 Å². The summed E-state index contributed by atoms with van der Waals surface area (Å²) < 4.78 is 11.3. The zero-order chi connectivity index (χ0) is 19.1. The Balaban J connectivity index is 1.75. The number of benzene rings is 2. The van der Waals surface area contributed by atoms with Crippen molar-refractivity contribution in [1.29, 1.82) is 0 Å². The second-order valence-corrected chi connectivity index (χ2v) is 5.47. The van der Waals surface area contributed by atoms with Crippen LogP contribution in [0.2, 0.25) is 0 Å². The Hall–Kier alpha value is -3.68. The normalized spacial score (nSPS) is 10.3. The Kier molecular flexibility index (Phi) is 5.78. The maximum Gasteiger partial charge on any atom is 0.232 e. The summed E-state index contributed by atoms with van der Waals surface area (Å²) in [5.41, 5.74) is 7.11. The molecule has 0 fully saturated rings. The largest absolute Gasteiger partial charge is 0.490 e. The van der Waals surface area contributed by atoms with Gasteiger partial charge in [-0.2, -0.15) is 15.0 Å². The topological polar surface area (TPSA) is 112 Å². The Labute approximate surface area is 156 Å². The van der Waals surface area contributed by atoms with Crippen LogP contribution in [-0.4, -0.2) is 27.8 Å². The Bertz CT molecular complexity index is 918. The number of para-hydroxylation sites is 1. The zero-order valence-electron chi connectivity index (χ0n) is 14.8. The van der Waals surface area contributed by atoms with Gasteiger partial charge >= 0.3 is 0 Å². The Morgan fingerprint density at radius 3 is 2.59 bits per heavy atom. The summed E-state index contributed by atoms with van der Waals surface area (Å²) in [6.45, 7) is 2.37. The highest BCUT2D eigenvalue weighted by Crippen LogP contribution is 2.28. The fourth-order valence-electron chi connectivity index (χ4n) is 2.34. The molecule has 0 amide bonds. The number of anilines is 3. The quantitative estimate of drug-likeness (QED) is 0.586. The molecule has 3 N–H and O–H groups in total. The molecule has 0 atom stereocenters. The predicted octanol–water partition coefficient (Wildman–Crippen LogP) is 2.99. The van der Waals surface area contributed by atoms with Crippen molar-refractivity contribution < 1.29 is 14.3 Å². The van der Waals surface area contributed by atoms with E-state index in [-0.39, 0.29) is 12.6 Å². The van der Waals surface area contributed by atoms with Gasteiger partial charge in [0.2, 0.25) is 11.9 Å². The molecule has 0 saturated carbocycles. The number of hydrogen-bond acceptors (Lipinski definition) is 8. The fourth-order valence-corrected chi connectivity index (χ4v) is 2.34. The maximum atomic E-state index is 10.9. The third-order valence-corrected chi connectivity index (χ3v) is 3.49. The summed E-state index contributed by atoms with van der Waals surface area (Å²) >= 11 is 0. The lowest BCUT2D eigenvalue weighted by atomic mass is 10.2. The highest BCUT2D eigenvalue weighted by atomic mass is 16.5. The molecule has 1 aromatic heterocycles. The van der Waals surface area contributed by atoms with Crippen LogP contribution >= 0.6 is 0 Å². The van der Waals surface area contributed by atoms with Crippen LogP contribution in [0.15, 0.2) is 48.5 Å². The van der Waals surface area contributed by atoms with E-state index in [4.69, 9.17) is 15.2 Å². The lowest BCUT2D eigenvalue weighted by Gasteiger charge is -2.12. The minimum Gasteiger partial charge on any atom is -0.490 e. The molecule has 8 nitrogen and oxygen atoms in total. The van der Waals surface area contributed by atoms with E-state index in [0.29, 0.717) is 35.4 Å². The van der Waals surface area contributed by atoms with E-state index in [1.165, 1.54) is 0 Å². The van der Waals surface area contributed by atoms with Crippen LogP contribution in [0.3, 0.4) is 0 Å². The van der Waals surface area contributed by atoms with Crippen molar-refractivity contribution >= 4 is 23.9 Å². The van der Waals surface area contributed by atoms with E-state index in [0.717, 1.165) is 12.0 Å². The number of rotatable bonds is 8. The lowest BCUT2D eigenvalue weighted by Crippen LogP contribution is -2.09. The van der Waals surface area contributed by atoms with Gasteiger partial charge < -0.3 is 20.5 Å². The van der Waals surface area contributed by atoms with Gasteiger partial charge in [-0.15, -0.1) is 0 Å². The fraction of sp³-hybridized carbons (Fsp3) is 0.158. The summed E-state index contributed by atoms with van der Waals surface area (Å²) in [6, 6.07) is 14.4. The molecule has 2 aromatic carbocycles. The molecule has 0 aliphatic rings. The SMILES string of the molecule is CCOc1cc(C=O)ccc1OCc1nc(N)nc(Nc2ccccc2)n1. The van der Waals surface area contributed by atoms with Gasteiger partial charge in [0.15, 0.2) is 17.3 Å². The van der Waals surface area contributed by atoms with Crippen LogP contribution in [0.1, 0.15) is 23.1 Å². The molecule has 0 unspecified atom stereocenters. The van der Waals surface area contributed by atoms with Gasteiger partial charge in [-0.25, -0.2) is 0 Å². The first kappa shape index (κ1) is 18.1. The second kappa shape index (κ2) is 8.61. The zero-order valence-corrected chi connectivity index (χ0v) is 14.8. The molecule has 0 bridgehead atoms. The third-order valence-electron chi connectivity index (χ3n) is 3.49. The minimum absolute atomic E-state index is 0.0662. The van der Waals surface area contributed by atoms with Crippen LogP contribution in [0.25, 0.3) is 0 Å². The number of nitrogens with zero attached hydrogens (tertiary/aromatic N) is 3. The first-order valence-electron chi connectivity index (χ1n) is 8.35. The molecule has 8 heteroatoms. The monoisotopic (exact) mass is 365 g/mol. The number of ether oxygens (including phenoxy) is 2. The van der Waals surface area contributed by atoms with Gasteiger partial charge in [0.05, 0.1) is 6.61 Å². The number of nitrogens with one attached hydrogen (secondary N) is 1. The van der Waals surface area contributed by atoms with Crippen molar-refractivity contribution in [3.8, 4) is 11.5 Å². The van der Waals surface area contributed by atoms with Crippen LogP contribution in [0.4, 0.5) is 17.6 Å². The predicted molar refractivity (Wildman–Crippen MR) is 101 cm³/mol. The minimum atomic E-state index is 0.0662. The first-order valence-corrected chi connectivity index (χ1v) is 8.35. The van der Waals surface area contributed by atoms with Crippen LogP contribution in [-0.2, 0) is 6.61 Å². The molecule has 0 radical (unpaired) electrons. The highest BCUT2D eigenvalue weighted by Gasteiger charge is 2.10. The first-order chi connectivity index (χ1) is 13.2. The molecule has 0 saturated heterocycles. The summed E-state index contributed by atoms with van der Waals surface area (Å²) in [4.78, 5) is 23.4. The Morgan fingerprint density at radius 1 is 1.04 bits per heavy atom. The average Bonchev–Trinajstić information content (AvgIpc) is 2.67. The van der Waals surface area contributed by atoms with Crippen molar-refractivity contribution in [2.24, 2.45) is 0 Å². The van der Waals surface area contributed by atoms with Gasteiger partial charge in [-0.05, 0) is 37.3 Å². The third kappa shape index (κ3) is 4.91. The van der Waals surface area contributed by atoms with E-state index in [9.17, 15) is 4.79 Å². The summed E-state index contributed by atoms with van der Waals surface area (Å²) in [5, 5.41) is 3.07. The summed E-state index contributed by atoms with van der Waals surface area (Å²) in [6.07, 6.45) is 0.750. The highest BCUT2D eigenvalue weighted by molar-refractivity contribution is 5.76. The van der Waals surface area contributed by atoms with Gasteiger partial charge in [-0.1, -0.05) is 18.2 Å². The maximum absolute atomic E-state index is 10.9. The molecule has 0 aliphatic carbocycles. The molecule has 27 heavy (non-hydrogen) atoms. The molecule has 0 aliphatic heterocycles. The molecule has 3 aromatic rings. The van der Waals surface area contributed by atoms with Crippen LogP contribution in [0.5, 0.6) is 11.5 Å². The van der Waals surface area contributed by atoms with Crippen molar-refractivity contribution in [3.05, 3.63) is 59.9 Å². The van der Waals surface area contributed by atoms with E-state index in [1.807, 2.05) is 37.3 Å². The summed E-state index contributed by atoms with van der Waals surface area (Å²) in [5.74, 6) is 1.74. The molecule has 1 heterocycles. The lowest BCUT2D eigenvalue weighted by molar-refractivity contribution is 0.112. The number of aromatic nitrogens is 3. The number of aldehydes is 1. The van der Waals surface area contributed by atoms with Crippen molar-refractivity contribution in [2.45, 2.75) is 13.5 Å². The smallest absolute Gasteiger partial charge is 0.232 e. The second-order valence-electron chi connectivity index (χ2n) is 5.47. The van der Waals surface area contributed by atoms with Crippen molar-refractivity contribution in [1.82, 2.24) is 15.0 Å².